The molecular formula is C32H37NO14. The van der Waals surface area contributed by atoms with Crippen LogP contribution in [-0.2, 0) is 42.9 Å². The number of methoxy groups -OCH3 is 1. The standard InChI is InChI=1S/C32H37NO14/c1-16(26-14-41-22-9-7-8-10-23(22)45-26)33-31(38)21-11-12-24(25(13-21)39-6)46-32-30(44-20(5)37)29(43-19(4)36)28(42-18(3)35)27(47-32)15-40-17(2)34/h7-13,16,26-30,32H,14-15H2,1-6H3,(H,33,38)/t16-,26+,27-,28-,29+,30-,32-/m0/s1. The van der Waals surface area contributed by atoms with Gasteiger partial charge in [-0.3, -0.25) is 24.0 Å². The zero-order valence-electron chi connectivity index (χ0n) is 26.7. The first-order valence-corrected chi connectivity index (χ1v) is 14.7. The molecule has 0 spiro atoms. The van der Waals surface area contributed by atoms with Crippen molar-refractivity contribution < 1.29 is 66.6 Å². The maximum atomic E-state index is 13.2. The number of amides is 1. The summed E-state index contributed by atoms with van der Waals surface area (Å²) in [5.41, 5.74) is 0.222. The lowest BCUT2D eigenvalue weighted by molar-refractivity contribution is -0.288. The van der Waals surface area contributed by atoms with Crippen molar-refractivity contribution in [3.8, 4) is 23.0 Å². The Hall–Kier alpha value is -5.05. The fourth-order valence-corrected chi connectivity index (χ4v) is 4.98. The van der Waals surface area contributed by atoms with Crippen molar-refractivity contribution in [3.05, 3.63) is 48.0 Å². The second kappa shape index (κ2) is 15.5. The number of hydrogen-bond donors (Lipinski definition) is 1. The van der Waals surface area contributed by atoms with Crippen LogP contribution in [0.5, 0.6) is 23.0 Å². The van der Waals surface area contributed by atoms with Crippen LogP contribution < -0.4 is 24.3 Å². The van der Waals surface area contributed by atoms with E-state index < -0.39 is 79.2 Å². The van der Waals surface area contributed by atoms with Gasteiger partial charge < -0.3 is 47.9 Å². The molecule has 0 unspecified atom stereocenters. The van der Waals surface area contributed by atoms with Crippen LogP contribution in [0.3, 0.4) is 0 Å². The minimum Gasteiger partial charge on any atom is -0.493 e. The average molecular weight is 660 g/mol. The third kappa shape index (κ3) is 9.03. The van der Waals surface area contributed by atoms with Gasteiger partial charge in [0.15, 0.2) is 41.3 Å². The average Bonchev–Trinajstić information content (AvgIpc) is 3.02. The van der Waals surface area contributed by atoms with Gasteiger partial charge in [0, 0.05) is 33.3 Å². The van der Waals surface area contributed by atoms with Gasteiger partial charge in [-0.1, -0.05) is 12.1 Å². The van der Waals surface area contributed by atoms with Crippen LogP contribution in [0.25, 0.3) is 0 Å². The molecule has 2 aliphatic rings. The smallest absolute Gasteiger partial charge is 0.303 e. The number of carbonyl (C=O) groups excluding carboxylic acids is 5. The van der Waals surface area contributed by atoms with Crippen molar-refractivity contribution in [2.24, 2.45) is 0 Å². The van der Waals surface area contributed by atoms with Gasteiger partial charge in [0.1, 0.15) is 19.3 Å². The monoisotopic (exact) mass is 659 g/mol. The highest BCUT2D eigenvalue weighted by Crippen LogP contribution is 2.35. The molecule has 0 aromatic heterocycles. The Morgan fingerprint density at radius 2 is 1.47 bits per heavy atom. The molecule has 2 aliphatic heterocycles. The number of esters is 4. The summed E-state index contributed by atoms with van der Waals surface area (Å²) in [4.78, 5) is 61.0. The molecule has 1 fully saturated rings. The highest BCUT2D eigenvalue weighted by atomic mass is 16.7. The molecular weight excluding hydrogens is 622 g/mol. The van der Waals surface area contributed by atoms with Gasteiger partial charge >= 0.3 is 23.9 Å². The third-order valence-corrected chi connectivity index (χ3v) is 7.06. The Morgan fingerprint density at radius 1 is 0.830 bits per heavy atom. The molecule has 0 saturated carbocycles. The van der Waals surface area contributed by atoms with Crippen molar-refractivity contribution in [2.75, 3.05) is 20.3 Å². The number of fused-ring (bicyclic) bond motifs is 1. The van der Waals surface area contributed by atoms with Gasteiger partial charge in [-0.15, -0.1) is 0 Å². The number of nitrogens with one attached hydrogen (secondary N) is 1. The summed E-state index contributed by atoms with van der Waals surface area (Å²) in [6, 6.07) is 11.1. The van der Waals surface area contributed by atoms with Gasteiger partial charge in [0.05, 0.1) is 13.2 Å². The van der Waals surface area contributed by atoms with Crippen LogP contribution in [-0.4, -0.2) is 93.0 Å². The normalized spacial score (nSPS) is 23.7. The number of para-hydroxylation sites is 2. The minimum atomic E-state index is -1.49. The number of carbonyl (C=O) groups is 5. The zero-order valence-corrected chi connectivity index (χ0v) is 26.7. The van der Waals surface area contributed by atoms with Crippen molar-refractivity contribution in [1.29, 1.82) is 0 Å². The van der Waals surface area contributed by atoms with E-state index in [4.69, 9.17) is 42.6 Å². The summed E-state index contributed by atoms with van der Waals surface area (Å²) >= 11 is 0. The summed E-state index contributed by atoms with van der Waals surface area (Å²) in [5, 5.41) is 2.90. The molecule has 1 amide bonds. The molecule has 47 heavy (non-hydrogen) atoms. The quantitative estimate of drug-likeness (QED) is 0.274. The van der Waals surface area contributed by atoms with E-state index in [1.807, 2.05) is 12.1 Å². The first-order valence-electron chi connectivity index (χ1n) is 14.7. The summed E-state index contributed by atoms with van der Waals surface area (Å²) in [7, 11) is 1.35. The molecule has 2 heterocycles. The van der Waals surface area contributed by atoms with E-state index in [0.717, 1.165) is 20.8 Å². The molecule has 1 saturated heterocycles. The SMILES string of the molecule is COc1cc(C(=O)N[C@@H](C)[C@H]2COc3ccccc3O2)ccc1O[C@H]1O[C@@H](COC(C)=O)[C@H](OC(C)=O)[C@@H](OC(C)=O)[C@@H]1OC(C)=O. The molecule has 0 radical (unpaired) electrons. The number of rotatable bonds is 11. The molecule has 7 atom stereocenters. The fraction of sp³-hybridized carbons (Fsp3) is 0.469. The van der Waals surface area contributed by atoms with E-state index in [1.54, 1.807) is 19.1 Å². The van der Waals surface area contributed by atoms with Crippen molar-refractivity contribution >= 4 is 29.8 Å². The first kappa shape index (κ1) is 34.8. The Morgan fingerprint density at radius 3 is 2.11 bits per heavy atom. The Bertz CT molecular complexity index is 1480. The number of ether oxygens (including phenoxy) is 9. The number of benzene rings is 2. The predicted molar refractivity (Wildman–Crippen MR) is 159 cm³/mol. The third-order valence-electron chi connectivity index (χ3n) is 7.06. The lowest BCUT2D eigenvalue weighted by Crippen LogP contribution is -2.63. The summed E-state index contributed by atoms with van der Waals surface area (Å²) in [6.07, 6.45) is -7.36. The highest BCUT2D eigenvalue weighted by molar-refractivity contribution is 5.95. The van der Waals surface area contributed by atoms with Crippen LogP contribution in [0, 0.1) is 0 Å². The number of hydrogen-bond acceptors (Lipinski definition) is 14. The molecule has 2 aromatic rings. The summed E-state index contributed by atoms with van der Waals surface area (Å²) in [5.74, 6) is -2.06. The zero-order chi connectivity index (χ0) is 34.2. The molecule has 254 valence electrons. The molecule has 1 N–H and O–H groups in total. The lowest BCUT2D eigenvalue weighted by Gasteiger charge is -2.44. The lowest BCUT2D eigenvalue weighted by atomic mass is 9.98. The first-order chi connectivity index (χ1) is 22.4. The highest BCUT2D eigenvalue weighted by Gasteiger charge is 2.53. The van der Waals surface area contributed by atoms with Crippen molar-refractivity contribution in [1.82, 2.24) is 5.32 Å². The van der Waals surface area contributed by atoms with Gasteiger partial charge in [-0.25, -0.2) is 0 Å². The minimum absolute atomic E-state index is 0.0543. The second-order valence-corrected chi connectivity index (χ2v) is 10.7. The molecule has 0 aliphatic carbocycles. The van der Waals surface area contributed by atoms with Crippen LogP contribution in [0.4, 0.5) is 0 Å². The van der Waals surface area contributed by atoms with E-state index in [2.05, 4.69) is 5.32 Å². The van der Waals surface area contributed by atoms with Gasteiger partial charge in [0.25, 0.3) is 5.91 Å². The molecule has 15 heteroatoms. The van der Waals surface area contributed by atoms with E-state index >= 15 is 0 Å². The topological polar surface area (TPSA) is 180 Å². The maximum absolute atomic E-state index is 13.2. The molecule has 0 bridgehead atoms. The fourth-order valence-electron chi connectivity index (χ4n) is 4.98. The Balaban J connectivity index is 1.56. The molecule has 4 rings (SSSR count). The van der Waals surface area contributed by atoms with Crippen LogP contribution >= 0.6 is 0 Å². The molecule has 2 aromatic carbocycles. The van der Waals surface area contributed by atoms with E-state index in [-0.39, 0.29) is 23.7 Å². The van der Waals surface area contributed by atoms with Crippen LogP contribution in [0.1, 0.15) is 45.0 Å². The summed E-state index contributed by atoms with van der Waals surface area (Å²) < 4.78 is 50.7. The summed E-state index contributed by atoms with van der Waals surface area (Å²) in [6.45, 7) is 6.13. The van der Waals surface area contributed by atoms with Gasteiger partial charge in [-0.05, 0) is 37.3 Å². The van der Waals surface area contributed by atoms with Gasteiger partial charge in [-0.2, -0.15) is 0 Å². The van der Waals surface area contributed by atoms with E-state index in [0.29, 0.717) is 11.5 Å². The molecule has 15 nitrogen and oxygen atoms in total. The van der Waals surface area contributed by atoms with Crippen molar-refractivity contribution in [3.63, 3.8) is 0 Å². The van der Waals surface area contributed by atoms with Crippen LogP contribution in [0.15, 0.2) is 42.5 Å². The maximum Gasteiger partial charge on any atom is 0.303 e. The predicted octanol–water partition coefficient (Wildman–Crippen LogP) is 2.12. The van der Waals surface area contributed by atoms with Gasteiger partial charge in [0.2, 0.25) is 12.4 Å². The Kier molecular flexibility index (Phi) is 11.5. The van der Waals surface area contributed by atoms with E-state index in [9.17, 15) is 24.0 Å². The van der Waals surface area contributed by atoms with Crippen molar-refractivity contribution in [2.45, 2.75) is 77.5 Å². The Labute approximate surface area is 270 Å². The largest absolute Gasteiger partial charge is 0.493 e. The van der Waals surface area contributed by atoms with Crippen LogP contribution in [0.2, 0.25) is 0 Å². The van der Waals surface area contributed by atoms with E-state index in [1.165, 1.54) is 32.2 Å². The second-order valence-electron chi connectivity index (χ2n) is 10.7.